The van der Waals surface area contributed by atoms with E-state index in [1.165, 1.54) is 0 Å². The van der Waals surface area contributed by atoms with Gasteiger partial charge < -0.3 is 16.2 Å². The highest BCUT2D eigenvalue weighted by atomic mass is 16.3. The zero-order valence-corrected chi connectivity index (χ0v) is 10.4. The van der Waals surface area contributed by atoms with Gasteiger partial charge in [0.25, 0.3) is 5.91 Å². The van der Waals surface area contributed by atoms with Gasteiger partial charge in [-0.2, -0.15) is 0 Å². The first-order valence-electron chi connectivity index (χ1n) is 6.03. The number of anilines is 1. The van der Waals surface area contributed by atoms with Crippen molar-refractivity contribution in [2.24, 2.45) is 0 Å². The van der Waals surface area contributed by atoms with Gasteiger partial charge >= 0.3 is 0 Å². The summed E-state index contributed by atoms with van der Waals surface area (Å²) in [5.41, 5.74) is 7.52. The van der Waals surface area contributed by atoms with Crippen molar-refractivity contribution in [3.8, 4) is 0 Å². The van der Waals surface area contributed by atoms with E-state index in [0.29, 0.717) is 11.3 Å². The summed E-state index contributed by atoms with van der Waals surface area (Å²) in [6.07, 6.45) is 0. The molecule has 19 heavy (non-hydrogen) atoms. The van der Waals surface area contributed by atoms with Crippen LogP contribution in [-0.2, 0) is 0 Å². The number of rotatable bonds is 4. The zero-order valence-electron chi connectivity index (χ0n) is 10.4. The summed E-state index contributed by atoms with van der Waals surface area (Å²) in [7, 11) is 0. The maximum atomic E-state index is 12.1. The van der Waals surface area contributed by atoms with Gasteiger partial charge in [-0.05, 0) is 23.8 Å². The lowest BCUT2D eigenvalue weighted by Crippen LogP contribution is -2.30. The Morgan fingerprint density at radius 1 is 1.16 bits per heavy atom. The molecule has 0 saturated heterocycles. The Balaban J connectivity index is 2.13. The minimum absolute atomic E-state index is 0.155. The summed E-state index contributed by atoms with van der Waals surface area (Å²) < 4.78 is 0. The molecule has 1 atom stereocenters. The Kier molecular flexibility index (Phi) is 4.15. The van der Waals surface area contributed by atoms with Crippen molar-refractivity contribution >= 4 is 11.6 Å². The summed E-state index contributed by atoms with van der Waals surface area (Å²) in [4.78, 5) is 12.1. The third kappa shape index (κ3) is 3.33. The topological polar surface area (TPSA) is 75.4 Å². The van der Waals surface area contributed by atoms with Crippen LogP contribution < -0.4 is 11.1 Å². The van der Waals surface area contributed by atoms with Crippen LogP contribution in [-0.4, -0.2) is 17.6 Å². The molecule has 0 heterocycles. The molecule has 0 radical (unpaired) electrons. The van der Waals surface area contributed by atoms with Gasteiger partial charge in [-0.25, -0.2) is 0 Å². The number of aliphatic hydroxyl groups is 1. The number of carbonyl (C=O) groups is 1. The third-order valence-corrected chi connectivity index (χ3v) is 2.84. The van der Waals surface area contributed by atoms with Gasteiger partial charge in [0.2, 0.25) is 0 Å². The first kappa shape index (κ1) is 13.1. The molecule has 0 bridgehead atoms. The van der Waals surface area contributed by atoms with Crippen LogP contribution in [0.4, 0.5) is 5.69 Å². The smallest absolute Gasteiger partial charge is 0.251 e. The molecule has 0 aliphatic rings. The lowest BCUT2D eigenvalue weighted by molar-refractivity contribution is 0.0916. The Bertz CT molecular complexity index is 555. The number of nitrogen functional groups attached to an aromatic ring is 1. The second-order valence-electron chi connectivity index (χ2n) is 4.24. The molecule has 0 saturated carbocycles. The molecule has 0 aliphatic carbocycles. The summed E-state index contributed by atoms with van der Waals surface area (Å²) in [5.74, 6) is -0.254. The Morgan fingerprint density at radius 2 is 1.89 bits per heavy atom. The minimum atomic E-state index is -0.421. The van der Waals surface area contributed by atoms with Crippen LogP contribution in [0.15, 0.2) is 54.6 Å². The number of amides is 1. The van der Waals surface area contributed by atoms with Crippen LogP contribution in [0.3, 0.4) is 0 Å². The largest absolute Gasteiger partial charge is 0.399 e. The van der Waals surface area contributed by atoms with E-state index in [9.17, 15) is 9.90 Å². The third-order valence-electron chi connectivity index (χ3n) is 2.84. The molecule has 4 nitrogen and oxygen atoms in total. The summed E-state index contributed by atoms with van der Waals surface area (Å²) >= 11 is 0. The van der Waals surface area contributed by atoms with E-state index in [4.69, 9.17) is 5.73 Å². The van der Waals surface area contributed by atoms with E-state index in [1.807, 2.05) is 30.3 Å². The number of nitrogens with two attached hydrogens (primary N) is 1. The number of hydrogen-bond acceptors (Lipinski definition) is 3. The van der Waals surface area contributed by atoms with Gasteiger partial charge in [0, 0.05) is 11.3 Å². The normalized spacial score (nSPS) is 11.8. The first-order valence-corrected chi connectivity index (χ1v) is 6.03. The van der Waals surface area contributed by atoms with Crippen LogP contribution in [0, 0.1) is 0 Å². The van der Waals surface area contributed by atoms with Gasteiger partial charge in [-0.3, -0.25) is 4.79 Å². The molecular formula is C15H16N2O2. The Morgan fingerprint density at radius 3 is 2.53 bits per heavy atom. The molecule has 98 valence electrons. The van der Waals surface area contributed by atoms with Crippen molar-refractivity contribution in [1.29, 1.82) is 0 Å². The quantitative estimate of drug-likeness (QED) is 0.729. The standard InChI is InChI=1S/C15H16N2O2/c16-13-8-4-7-12(9-13)15(19)17-14(10-18)11-5-2-1-3-6-11/h1-9,14,18H,10,16H2,(H,17,19). The number of hydrogen-bond donors (Lipinski definition) is 3. The molecule has 2 rings (SSSR count). The number of benzene rings is 2. The zero-order chi connectivity index (χ0) is 13.7. The molecule has 0 fully saturated rings. The molecule has 4 N–H and O–H groups in total. The molecule has 2 aromatic rings. The summed E-state index contributed by atoms with van der Waals surface area (Å²) in [6, 6.07) is 15.7. The average molecular weight is 256 g/mol. The Labute approximate surface area is 111 Å². The van der Waals surface area contributed by atoms with Crippen molar-refractivity contribution < 1.29 is 9.90 Å². The van der Waals surface area contributed by atoms with Gasteiger partial charge in [-0.1, -0.05) is 36.4 Å². The van der Waals surface area contributed by atoms with Gasteiger partial charge in [-0.15, -0.1) is 0 Å². The van der Waals surface area contributed by atoms with E-state index in [-0.39, 0.29) is 12.5 Å². The molecule has 1 unspecified atom stereocenters. The maximum absolute atomic E-state index is 12.1. The monoisotopic (exact) mass is 256 g/mol. The lowest BCUT2D eigenvalue weighted by Gasteiger charge is -2.16. The average Bonchev–Trinajstić information content (AvgIpc) is 2.45. The van der Waals surface area contributed by atoms with E-state index in [2.05, 4.69) is 5.32 Å². The summed E-state index contributed by atoms with van der Waals surface area (Å²) in [6.45, 7) is -0.155. The van der Waals surface area contributed by atoms with Crippen molar-refractivity contribution in [3.05, 3.63) is 65.7 Å². The maximum Gasteiger partial charge on any atom is 0.251 e. The van der Waals surface area contributed by atoms with Crippen LogP contribution in [0.2, 0.25) is 0 Å². The molecule has 2 aromatic carbocycles. The second-order valence-corrected chi connectivity index (χ2v) is 4.24. The number of nitrogens with one attached hydrogen (secondary N) is 1. The van der Waals surface area contributed by atoms with Crippen molar-refractivity contribution in [1.82, 2.24) is 5.32 Å². The highest BCUT2D eigenvalue weighted by Gasteiger charge is 2.14. The van der Waals surface area contributed by atoms with Crippen molar-refractivity contribution in [2.45, 2.75) is 6.04 Å². The summed E-state index contributed by atoms with van der Waals surface area (Å²) in [5, 5.41) is 12.2. The van der Waals surface area contributed by atoms with Crippen molar-refractivity contribution in [3.63, 3.8) is 0 Å². The fourth-order valence-electron chi connectivity index (χ4n) is 1.84. The van der Waals surface area contributed by atoms with Gasteiger partial charge in [0.1, 0.15) is 0 Å². The first-order chi connectivity index (χ1) is 9.20. The van der Waals surface area contributed by atoms with Crippen LogP contribution in [0.5, 0.6) is 0 Å². The van der Waals surface area contributed by atoms with Crippen molar-refractivity contribution in [2.75, 3.05) is 12.3 Å². The molecule has 0 spiro atoms. The van der Waals surface area contributed by atoms with E-state index in [0.717, 1.165) is 5.56 Å². The molecule has 4 heteroatoms. The highest BCUT2D eigenvalue weighted by Crippen LogP contribution is 2.13. The molecule has 0 aliphatic heterocycles. The van der Waals surface area contributed by atoms with Crippen LogP contribution in [0.25, 0.3) is 0 Å². The van der Waals surface area contributed by atoms with Crippen LogP contribution >= 0.6 is 0 Å². The lowest BCUT2D eigenvalue weighted by atomic mass is 10.1. The van der Waals surface area contributed by atoms with E-state index < -0.39 is 6.04 Å². The predicted molar refractivity (Wildman–Crippen MR) is 74.6 cm³/mol. The van der Waals surface area contributed by atoms with Crippen LogP contribution in [0.1, 0.15) is 22.0 Å². The fraction of sp³-hybridized carbons (Fsp3) is 0.133. The molecule has 0 aromatic heterocycles. The van der Waals surface area contributed by atoms with E-state index >= 15 is 0 Å². The predicted octanol–water partition coefficient (Wildman–Crippen LogP) is 1.73. The SMILES string of the molecule is Nc1cccc(C(=O)NC(CO)c2ccccc2)c1. The van der Waals surface area contributed by atoms with E-state index in [1.54, 1.807) is 24.3 Å². The highest BCUT2D eigenvalue weighted by molar-refractivity contribution is 5.95. The van der Waals surface area contributed by atoms with Gasteiger partial charge in [0.15, 0.2) is 0 Å². The Hall–Kier alpha value is -2.33. The molecule has 1 amide bonds. The fourth-order valence-corrected chi connectivity index (χ4v) is 1.84. The minimum Gasteiger partial charge on any atom is -0.399 e. The molecular weight excluding hydrogens is 240 g/mol. The van der Waals surface area contributed by atoms with Gasteiger partial charge in [0.05, 0.1) is 12.6 Å². The second kappa shape index (κ2) is 6.02. The number of carbonyl (C=O) groups excluding carboxylic acids is 1. The number of aliphatic hydroxyl groups excluding tert-OH is 1.